The number of pyridine rings is 1. The summed E-state index contributed by atoms with van der Waals surface area (Å²) in [5.41, 5.74) is 2.66. The van der Waals surface area contributed by atoms with Gasteiger partial charge in [-0.3, -0.25) is 9.59 Å². The zero-order valence-electron chi connectivity index (χ0n) is 20.8. The Bertz CT molecular complexity index is 1760. The zero-order chi connectivity index (χ0) is 26.4. The van der Waals surface area contributed by atoms with Crippen molar-refractivity contribution < 1.29 is 9.18 Å². The van der Waals surface area contributed by atoms with Crippen molar-refractivity contribution >= 4 is 16.7 Å². The predicted molar refractivity (Wildman–Crippen MR) is 139 cm³/mol. The number of nitrogens with one attached hydrogen (secondary N) is 1. The highest BCUT2D eigenvalue weighted by molar-refractivity contribution is 5.95. The summed E-state index contributed by atoms with van der Waals surface area (Å²) in [7, 11) is 0. The molecule has 5 aromatic rings. The lowest BCUT2D eigenvalue weighted by atomic mass is 10.0. The molecule has 0 radical (unpaired) electrons. The number of hydrogen-bond donors (Lipinski definition) is 1. The minimum absolute atomic E-state index is 0.0167. The van der Waals surface area contributed by atoms with E-state index in [0.717, 1.165) is 16.8 Å². The molecule has 4 heterocycles. The highest BCUT2D eigenvalue weighted by Crippen LogP contribution is 2.28. The molecule has 0 bridgehead atoms. The molecular weight excluding hydrogens is 485 g/mol. The largest absolute Gasteiger partial charge is 0.329 e. The number of H-pyrrole nitrogens is 1. The summed E-state index contributed by atoms with van der Waals surface area (Å²) in [5.74, 6) is 0.260. The Morgan fingerprint density at radius 1 is 1.08 bits per heavy atom. The number of carbonyl (C=O) groups excluding carboxylic acids is 1. The molecule has 0 saturated heterocycles. The SMILES string of the molecule is Cc1cccc(-c2nnc3n2C(C)CN(C(=O)c2cc(Cc4n[nH]c(=O)c5ccccc45)ccc2F)C3)n1. The average Bonchev–Trinajstić information content (AvgIpc) is 3.36. The number of fused-ring (bicyclic) bond motifs is 2. The van der Waals surface area contributed by atoms with Crippen molar-refractivity contribution in [1.29, 1.82) is 0 Å². The molecule has 6 rings (SSSR count). The van der Waals surface area contributed by atoms with Gasteiger partial charge in [-0.25, -0.2) is 14.5 Å². The fourth-order valence-electron chi connectivity index (χ4n) is 5.04. The first-order valence-electron chi connectivity index (χ1n) is 12.3. The molecule has 0 fully saturated rings. The third kappa shape index (κ3) is 4.13. The molecule has 1 aliphatic heterocycles. The Balaban J connectivity index is 1.28. The number of aryl methyl sites for hydroxylation is 1. The van der Waals surface area contributed by atoms with Crippen LogP contribution in [0.1, 0.15) is 46.1 Å². The van der Waals surface area contributed by atoms with Gasteiger partial charge in [-0.15, -0.1) is 10.2 Å². The Kier molecular flexibility index (Phi) is 5.79. The predicted octanol–water partition coefficient (Wildman–Crippen LogP) is 3.83. The summed E-state index contributed by atoms with van der Waals surface area (Å²) in [4.78, 5) is 31.8. The number of benzene rings is 2. The van der Waals surface area contributed by atoms with Gasteiger partial charge in [0.15, 0.2) is 11.6 Å². The maximum Gasteiger partial charge on any atom is 0.272 e. The number of aromatic amines is 1. The maximum absolute atomic E-state index is 14.9. The number of carbonyl (C=O) groups is 1. The lowest BCUT2D eigenvalue weighted by Gasteiger charge is -2.32. The van der Waals surface area contributed by atoms with Gasteiger partial charge in [0.05, 0.1) is 29.2 Å². The average molecular weight is 510 g/mol. The molecule has 3 aromatic heterocycles. The smallest absolute Gasteiger partial charge is 0.272 e. The van der Waals surface area contributed by atoms with E-state index in [1.54, 1.807) is 29.2 Å². The van der Waals surface area contributed by atoms with Gasteiger partial charge in [-0.1, -0.05) is 30.3 Å². The quantitative estimate of drug-likeness (QED) is 0.394. The molecule has 10 heteroatoms. The van der Waals surface area contributed by atoms with Crippen LogP contribution in [0.25, 0.3) is 22.3 Å². The van der Waals surface area contributed by atoms with E-state index in [0.29, 0.717) is 41.3 Å². The topological polar surface area (TPSA) is 110 Å². The van der Waals surface area contributed by atoms with E-state index in [4.69, 9.17) is 0 Å². The standard InChI is InChI=1S/C28H24FN7O2/c1-16-6-5-9-23(30-16)26-33-32-25-15-35(14-17(2)36(25)26)28(38)21-12-18(10-11-22(21)29)13-24-19-7-3-4-8-20(19)27(37)34-31-24/h3-12,17H,13-15H2,1-2H3,(H,34,37). The van der Waals surface area contributed by atoms with E-state index in [1.165, 1.54) is 6.07 Å². The molecule has 1 N–H and O–H groups in total. The van der Waals surface area contributed by atoms with Crippen LogP contribution in [0.3, 0.4) is 0 Å². The fraction of sp³-hybridized carbons (Fsp3) is 0.214. The second-order valence-electron chi connectivity index (χ2n) is 9.54. The first-order valence-corrected chi connectivity index (χ1v) is 12.3. The minimum atomic E-state index is -0.595. The summed E-state index contributed by atoms with van der Waals surface area (Å²) >= 11 is 0. The van der Waals surface area contributed by atoms with Crippen LogP contribution >= 0.6 is 0 Å². The number of hydrogen-bond acceptors (Lipinski definition) is 6. The van der Waals surface area contributed by atoms with E-state index >= 15 is 0 Å². The lowest BCUT2D eigenvalue weighted by molar-refractivity contribution is 0.0677. The first-order chi connectivity index (χ1) is 18.4. The van der Waals surface area contributed by atoms with Gasteiger partial charge >= 0.3 is 0 Å². The van der Waals surface area contributed by atoms with Crippen LogP contribution < -0.4 is 5.56 Å². The van der Waals surface area contributed by atoms with Gasteiger partial charge in [0.1, 0.15) is 11.5 Å². The van der Waals surface area contributed by atoms with Gasteiger partial charge in [-0.05, 0) is 49.7 Å². The number of halogens is 1. The van der Waals surface area contributed by atoms with Gasteiger partial charge in [0, 0.05) is 24.0 Å². The molecule has 1 aliphatic rings. The second-order valence-corrected chi connectivity index (χ2v) is 9.54. The lowest BCUT2D eigenvalue weighted by Crippen LogP contribution is -2.41. The highest BCUT2D eigenvalue weighted by atomic mass is 19.1. The molecule has 9 nitrogen and oxygen atoms in total. The molecule has 2 aromatic carbocycles. The first kappa shape index (κ1) is 23.7. The van der Waals surface area contributed by atoms with E-state index in [9.17, 15) is 14.0 Å². The number of aromatic nitrogens is 6. The van der Waals surface area contributed by atoms with Crippen molar-refractivity contribution in [2.24, 2.45) is 0 Å². The molecule has 38 heavy (non-hydrogen) atoms. The number of nitrogens with zero attached hydrogens (tertiary/aromatic N) is 6. The van der Waals surface area contributed by atoms with Crippen molar-refractivity contribution in [2.45, 2.75) is 32.9 Å². The van der Waals surface area contributed by atoms with E-state index < -0.39 is 11.7 Å². The van der Waals surface area contributed by atoms with Crippen molar-refractivity contribution in [3.05, 3.63) is 105 Å². The zero-order valence-corrected chi connectivity index (χ0v) is 20.8. The van der Waals surface area contributed by atoms with E-state index in [-0.39, 0.29) is 23.7 Å². The normalized spacial score (nSPS) is 15.0. The number of rotatable bonds is 4. The second kappa shape index (κ2) is 9.29. The summed E-state index contributed by atoms with van der Waals surface area (Å²) < 4.78 is 16.9. The van der Waals surface area contributed by atoms with Crippen LogP contribution in [0.2, 0.25) is 0 Å². The molecule has 0 aliphatic carbocycles. The number of amides is 1. The molecule has 190 valence electrons. The van der Waals surface area contributed by atoms with Crippen LogP contribution in [0, 0.1) is 12.7 Å². The third-order valence-corrected chi connectivity index (χ3v) is 6.84. The van der Waals surface area contributed by atoms with E-state index in [1.807, 2.05) is 48.7 Å². The monoisotopic (exact) mass is 509 g/mol. The van der Waals surface area contributed by atoms with Gasteiger partial charge in [-0.2, -0.15) is 5.10 Å². The Morgan fingerprint density at radius 2 is 1.89 bits per heavy atom. The molecule has 1 atom stereocenters. The van der Waals surface area contributed by atoms with Crippen LogP contribution in [0.4, 0.5) is 4.39 Å². The molecular formula is C28H24FN7O2. The van der Waals surface area contributed by atoms with Gasteiger partial charge in [0.25, 0.3) is 11.5 Å². The summed E-state index contributed by atoms with van der Waals surface area (Å²) in [6.07, 6.45) is 0.329. The fourth-order valence-corrected chi connectivity index (χ4v) is 5.04. The van der Waals surface area contributed by atoms with Crippen molar-refractivity contribution in [3.63, 3.8) is 0 Å². The van der Waals surface area contributed by atoms with Crippen molar-refractivity contribution in [2.75, 3.05) is 6.54 Å². The van der Waals surface area contributed by atoms with Crippen molar-refractivity contribution in [1.82, 2.24) is 34.8 Å². The molecule has 1 unspecified atom stereocenters. The maximum atomic E-state index is 14.9. The Hall–Kier alpha value is -4.73. The molecule has 0 spiro atoms. The highest BCUT2D eigenvalue weighted by Gasteiger charge is 2.31. The Morgan fingerprint density at radius 3 is 2.71 bits per heavy atom. The third-order valence-electron chi connectivity index (χ3n) is 6.84. The summed E-state index contributed by atoms with van der Waals surface area (Å²) in [6.45, 7) is 4.47. The summed E-state index contributed by atoms with van der Waals surface area (Å²) in [6, 6.07) is 17.3. The molecule has 0 saturated carbocycles. The Labute approximate surface area is 217 Å². The molecule has 1 amide bonds. The van der Waals surface area contributed by atoms with Gasteiger partial charge in [0.2, 0.25) is 0 Å². The minimum Gasteiger partial charge on any atom is -0.329 e. The van der Waals surface area contributed by atoms with Crippen LogP contribution in [-0.2, 0) is 13.0 Å². The van der Waals surface area contributed by atoms with Crippen LogP contribution in [-0.4, -0.2) is 47.3 Å². The van der Waals surface area contributed by atoms with Gasteiger partial charge < -0.3 is 9.47 Å². The van der Waals surface area contributed by atoms with Crippen molar-refractivity contribution in [3.8, 4) is 11.5 Å². The van der Waals surface area contributed by atoms with Crippen LogP contribution in [0.5, 0.6) is 0 Å². The van der Waals surface area contributed by atoms with E-state index in [2.05, 4.69) is 25.4 Å². The van der Waals surface area contributed by atoms with Crippen LogP contribution in [0.15, 0.2) is 65.5 Å². The summed E-state index contributed by atoms with van der Waals surface area (Å²) in [5, 5.41) is 16.6.